The first kappa shape index (κ1) is 49.2. The number of rotatable bonds is 34. The minimum absolute atomic E-state index is 0. The van der Waals surface area contributed by atoms with Crippen LogP contribution in [0, 0.1) is 0 Å². The number of carbonyl (C=O) groups excluding carboxylic acids is 3. The molecular formula is C38H71NaO8S. The standard InChI is InChI=1S/C38H70O8S.Na.H/c1-4-7-10-13-16-17-18-19-20-21-22-23-24-25-28-31-36(39)46-47(42,43)35(38(41)45-33-30-27-15-12-9-6-3)34-37(40)44-32-29-26-14-11-8-5-2;;/h19-20,35H,4-18,21-34H2,1-3H3;;/b20-19-;;. The normalized spacial score (nSPS) is 12.1. The Morgan fingerprint density at radius 2 is 0.917 bits per heavy atom. The number of esters is 2. The van der Waals surface area contributed by atoms with Crippen LogP contribution in [-0.2, 0) is 38.2 Å². The van der Waals surface area contributed by atoms with E-state index in [-0.39, 0.29) is 49.2 Å². The summed E-state index contributed by atoms with van der Waals surface area (Å²) >= 11 is 0. The zero-order valence-electron chi connectivity index (χ0n) is 30.4. The molecule has 278 valence electrons. The molecule has 0 aromatic carbocycles. The first-order valence-corrected chi connectivity index (χ1v) is 20.7. The summed E-state index contributed by atoms with van der Waals surface area (Å²) in [4.78, 5) is 37.7. The average Bonchev–Trinajstić information content (AvgIpc) is 3.04. The molecule has 0 aromatic rings. The molecule has 0 saturated carbocycles. The van der Waals surface area contributed by atoms with Crippen molar-refractivity contribution in [2.24, 2.45) is 0 Å². The van der Waals surface area contributed by atoms with Gasteiger partial charge in [-0.1, -0.05) is 148 Å². The molecule has 0 aromatic heterocycles. The summed E-state index contributed by atoms with van der Waals surface area (Å²) < 4.78 is 41.3. The third-order valence-electron chi connectivity index (χ3n) is 8.32. The molecule has 0 aliphatic rings. The summed E-state index contributed by atoms with van der Waals surface area (Å²) in [5.41, 5.74) is 0. The third kappa shape index (κ3) is 31.1. The molecular weight excluding hydrogens is 639 g/mol. The first-order valence-electron chi connectivity index (χ1n) is 19.2. The van der Waals surface area contributed by atoms with Gasteiger partial charge in [0.2, 0.25) is 5.25 Å². The number of unbranched alkanes of at least 4 members (excludes halogenated alkanes) is 21. The van der Waals surface area contributed by atoms with Crippen LogP contribution in [0.25, 0.3) is 0 Å². The van der Waals surface area contributed by atoms with Crippen molar-refractivity contribution in [2.45, 2.75) is 199 Å². The van der Waals surface area contributed by atoms with Crippen LogP contribution < -0.4 is 0 Å². The molecule has 8 nitrogen and oxygen atoms in total. The summed E-state index contributed by atoms with van der Waals surface area (Å²) in [6.45, 7) is 6.71. The van der Waals surface area contributed by atoms with Crippen LogP contribution in [0.1, 0.15) is 194 Å². The van der Waals surface area contributed by atoms with Gasteiger partial charge < -0.3 is 13.7 Å². The quantitative estimate of drug-likeness (QED) is 0.0213. The third-order valence-corrected chi connectivity index (χ3v) is 9.79. The molecule has 0 saturated heterocycles. The van der Waals surface area contributed by atoms with Crippen molar-refractivity contribution < 1.29 is 36.5 Å². The van der Waals surface area contributed by atoms with E-state index in [1.807, 2.05) is 0 Å². The zero-order chi connectivity index (χ0) is 34.9. The van der Waals surface area contributed by atoms with Crippen molar-refractivity contribution in [1.29, 1.82) is 0 Å². The topological polar surface area (TPSA) is 113 Å². The molecule has 1 atom stereocenters. The van der Waals surface area contributed by atoms with Crippen molar-refractivity contribution in [3.63, 3.8) is 0 Å². The Morgan fingerprint density at radius 1 is 0.521 bits per heavy atom. The fourth-order valence-electron chi connectivity index (χ4n) is 5.30. The maximum absolute atomic E-state index is 13.0. The van der Waals surface area contributed by atoms with Crippen LogP contribution in [0.2, 0.25) is 0 Å². The van der Waals surface area contributed by atoms with E-state index < -0.39 is 39.7 Å². The summed E-state index contributed by atoms with van der Waals surface area (Å²) in [5.74, 6) is -2.82. The van der Waals surface area contributed by atoms with Gasteiger partial charge in [-0.15, -0.1) is 0 Å². The van der Waals surface area contributed by atoms with Crippen molar-refractivity contribution in [1.82, 2.24) is 0 Å². The summed E-state index contributed by atoms with van der Waals surface area (Å²) in [5, 5.41) is -1.93. The molecule has 1 unspecified atom stereocenters. The average molecular weight is 711 g/mol. The molecule has 0 radical (unpaired) electrons. The first-order chi connectivity index (χ1) is 22.8. The van der Waals surface area contributed by atoms with E-state index in [1.165, 1.54) is 38.5 Å². The minimum atomic E-state index is -4.72. The van der Waals surface area contributed by atoms with Crippen LogP contribution >= 0.6 is 0 Å². The van der Waals surface area contributed by atoms with Gasteiger partial charge in [0.05, 0.1) is 19.6 Å². The number of carbonyl (C=O) groups is 3. The van der Waals surface area contributed by atoms with E-state index in [9.17, 15) is 22.8 Å². The molecule has 0 N–H and O–H groups in total. The molecule has 0 spiro atoms. The molecule has 0 bridgehead atoms. The van der Waals surface area contributed by atoms with Gasteiger partial charge in [0.25, 0.3) is 0 Å². The van der Waals surface area contributed by atoms with E-state index in [0.29, 0.717) is 19.3 Å². The van der Waals surface area contributed by atoms with Crippen molar-refractivity contribution in [3.8, 4) is 0 Å². The second-order valence-electron chi connectivity index (χ2n) is 12.9. The second kappa shape index (κ2) is 35.9. The Bertz CT molecular complexity index is 906. The van der Waals surface area contributed by atoms with Crippen molar-refractivity contribution >= 4 is 57.6 Å². The van der Waals surface area contributed by atoms with Gasteiger partial charge in [-0.25, -0.2) is 0 Å². The van der Waals surface area contributed by atoms with Crippen LogP contribution in [0.15, 0.2) is 12.2 Å². The van der Waals surface area contributed by atoms with E-state index in [4.69, 9.17) is 13.7 Å². The van der Waals surface area contributed by atoms with Crippen LogP contribution in [-0.4, -0.2) is 74.3 Å². The predicted molar refractivity (Wildman–Crippen MR) is 199 cm³/mol. The molecule has 10 heteroatoms. The Labute approximate surface area is 317 Å². The number of ether oxygens (including phenoxy) is 2. The molecule has 0 fully saturated rings. The number of allylic oxidation sites excluding steroid dienone is 2. The molecule has 0 aliphatic carbocycles. The number of hydrogen-bond donors (Lipinski definition) is 0. The maximum atomic E-state index is 13.0. The SMILES string of the molecule is CCCCCCCC/C=C\CCCCCCCC(=O)OS(=O)(=O)C(CC(=O)OCCCCCCCC)C(=O)OCCCCCCCC.[NaH]. The van der Waals surface area contributed by atoms with Gasteiger partial charge in [0, 0.05) is 6.42 Å². The van der Waals surface area contributed by atoms with Gasteiger partial charge in [-0.05, 0) is 44.9 Å². The van der Waals surface area contributed by atoms with Crippen molar-refractivity contribution in [2.75, 3.05) is 13.2 Å². The Hall–Kier alpha value is -0.900. The van der Waals surface area contributed by atoms with Gasteiger partial charge in [0.1, 0.15) is 0 Å². The van der Waals surface area contributed by atoms with Crippen LogP contribution in [0.3, 0.4) is 0 Å². The van der Waals surface area contributed by atoms with E-state index in [1.54, 1.807) is 0 Å². The van der Waals surface area contributed by atoms with Gasteiger partial charge in [0.15, 0.2) is 0 Å². The fourth-order valence-corrected chi connectivity index (χ4v) is 6.40. The Morgan fingerprint density at radius 3 is 1.40 bits per heavy atom. The summed E-state index contributed by atoms with van der Waals surface area (Å²) in [7, 11) is -4.72. The second-order valence-corrected chi connectivity index (χ2v) is 14.6. The summed E-state index contributed by atoms with van der Waals surface area (Å²) in [6, 6.07) is 0. The Balaban J connectivity index is 0. The molecule has 0 amide bonds. The zero-order valence-corrected chi connectivity index (χ0v) is 31.2. The van der Waals surface area contributed by atoms with Gasteiger partial charge in [-0.2, -0.15) is 8.42 Å². The molecule has 48 heavy (non-hydrogen) atoms. The van der Waals surface area contributed by atoms with Crippen molar-refractivity contribution in [3.05, 3.63) is 12.2 Å². The van der Waals surface area contributed by atoms with E-state index in [0.717, 1.165) is 103 Å². The Kier molecular flexibility index (Phi) is 36.8. The molecule has 0 aliphatic heterocycles. The van der Waals surface area contributed by atoms with Gasteiger partial charge in [-0.3, -0.25) is 14.4 Å². The van der Waals surface area contributed by atoms with Crippen LogP contribution in [0.5, 0.6) is 0 Å². The molecule has 0 rings (SSSR count). The van der Waals surface area contributed by atoms with E-state index >= 15 is 0 Å². The summed E-state index contributed by atoms with van der Waals surface area (Å²) in [6.07, 6.45) is 30.0. The monoisotopic (exact) mass is 710 g/mol. The van der Waals surface area contributed by atoms with Gasteiger partial charge >= 0.3 is 57.6 Å². The fraction of sp³-hybridized carbons (Fsp3) is 0.868. The number of hydrogen-bond acceptors (Lipinski definition) is 8. The molecule has 0 heterocycles. The van der Waals surface area contributed by atoms with E-state index in [2.05, 4.69) is 32.9 Å². The van der Waals surface area contributed by atoms with Crippen LogP contribution in [0.4, 0.5) is 0 Å². The predicted octanol–water partition coefficient (Wildman–Crippen LogP) is 9.81.